The van der Waals surface area contributed by atoms with Crippen LogP contribution in [0.15, 0.2) is 29.4 Å². The molecule has 0 aliphatic carbocycles. The van der Waals surface area contributed by atoms with Crippen LogP contribution in [0.4, 0.5) is 0 Å². The van der Waals surface area contributed by atoms with Crippen LogP contribution in [0.5, 0.6) is 0 Å². The Kier molecular flexibility index (Phi) is 3.12. The lowest BCUT2D eigenvalue weighted by atomic mass is 10.2. The minimum Gasteiger partial charge on any atom is -0.359 e. The zero-order valence-electron chi connectivity index (χ0n) is 10.2. The number of pyridine rings is 1. The molecule has 2 aromatic rings. The van der Waals surface area contributed by atoms with Crippen molar-refractivity contribution in [1.82, 2.24) is 14.9 Å². The smallest absolute Gasteiger partial charge is 0.266 e. The molecular weight excluding hydrogens is 278 g/mol. The minimum atomic E-state index is -0.0252. The van der Waals surface area contributed by atoms with Gasteiger partial charge in [0.1, 0.15) is 4.32 Å². The van der Waals surface area contributed by atoms with Crippen molar-refractivity contribution in [3.05, 3.63) is 35.0 Å². The van der Waals surface area contributed by atoms with Gasteiger partial charge in [-0.15, -0.1) is 0 Å². The molecule has 1 fully saturated rings. The first-order valence-corrected chi connectivity index (χ1v) is 7.10. The van der Waals surface area contributed by atoms with E-state index >= 15 is 0 Å². The van der Waals surface area contributed by atoms with E-state index in [0.717, 1.165) is 16.6 Å². The maximum atomic E-state index is 12.1. The predicted octanol–water partition coefficient (Wildman–Crippen LogP) is 2.78. The number of carbonyl (C=O) groups is 1. The summed E-state index contributed by atoms with van der Waals surface area (Å²) in [7, 11) is 0. The molecule has 1 aliphatic rings. The second-order valence-corrected chi connectivity index (χ2v) is 5.75. The highest BCUT2D eigenvalue weighted by atomic mass is 32.2. The summed E-state index contributed by atoms with van der Waals surface area (Å²) >= 11 is 6.53. The molecular formula is C13H11N3OS2. The van der Waals surface area contributed by atoms with Crippen molar-refractivity contribution in [2.45, 2.75) is 6.92 Å². The Labute approximate surface area is 119 Å². The van der Waals surface area contributed by atoms with Crippen molar-refractivity contribution in [3.8, 4) is 0 Å². The van der Waals surface area contributed by atoms with Gasteiger partial charge in [0.05, 0.1) is 15.9 Å². The van der Waals surface area contributed by atoms with Crippen LogP contribution in [0.3, 0.4) is 0 Å². The third-order valence-corrected chi connectivity index (χ3v) is 4.32. The van der Waals surface area contributed by atoms with E-state index in [9.17, 15) is 4.79 Å². The molecule has 3 rings (SSSR count). The SMILES string of the molecule is CCN1C(=O)/C(=C/c2c[nH]c3cccnc23)SC1=S. The predicted molar refractivity (Wildman–Crippen MR) is 81.6 cm³/mol. The first kappa shape index (κ1) is 12.4. The van der Waals surface area contributed by atoms with Gasteiger partial charge in [-0.05, 0) is 25.1 Å². The number of nitrogens with zero attached hydrogens (tertiary/aromatic N) is 2. The third kappa shape index (κ3) is 2.06. The van der Waals surface area contributed by atoms with E-state index in [1.54, 1.807) is 11.1 Å². The summed E-state index contributed by atoms with van der Waals surface area (Å²) in [5.74, 6) is -0.0252. The number of hydrogen-bond acceptors (Lipinski definition) is 4. The second-order valence-electron chi connectivity index (χ2n) is 4.07. The van der Waals surface area contributed by atoms with Crippen LogP contribution >= 0.6 is 24.0 Å². The van der Waals surface area contributed by atoms with Gasteiger partial charge in [-0.2, -0.15) is 0 Å². The average Bonchev–Trinajstić information content (AvgIpc) is 2.93. The molecule has 0 radical (unpaired) electrons. The molecule has 2 aromatic heterocycles. The summed E-state index contributed by atoms with van der Waals surface area (Å²) in [5, 5.41) is 0. The molecule has 4 nitrogen and oxygen atoms in total. The lowest BCUT2D eigenvalue weighted by Crippen LogP contribution is -2.27. The standard InChI is InChI=1S/C13H11N3OS2/c1-2-16-12(17)10(19-13(16)18)6-8-7-15-9-4-3-5-14-11(8)9/h3-7,15H,2H2,1H3/b10-6-. The van der Waals surface area contributed by atoms with Crippen LogP contribution in [-0.4, -0.2) is 31.6 Å². The van der Waals surface area contributed by atoms with Crippen molar-refractivity contribution in [1.29, 1.82) is 0 Å². The number of thioether (sulfide) groups is 1. The van der Waals surface area contributed by atoms with Gasteiger partial charge in [0.2, 0.25) is 0 Å². The number of rotatable bonds is 2. The van der Waals surface area contributed by atoms with Gasteiger partial charge in [0.15, 0.2) is 0 Å². The second kappa shape index (κ2) is 4.79. The summed E-state index contributed by atoms with van der Waals surface area (Å²) in [6.07, 6.45) is 5.45. The molecule has 0 spiro atoms. The van der Waals surface area contributed by atoms with Crippen molar-refractivity contribution in [2.75, 3.05) is 6.54 Å². The van der Waals surface area contributed by atoms with Crippen LogP contribution in [0.1, 0.15) is 12.5 Å². The third-order valence-electron chi connectivity index (χ3n) is 2.94. The highest BCUT2D eigenvalue weighted by Crippen LogP contribution is 2.33. The Morgan fingerprint density at radius 3 is 3.16 bits per heavy atom. The van der Waals surface area contributed by atoms with Crippen LogP contribution in [0.2, 0.25) is 0 Å². The molecule has 1 aliphatic heterocycles. The molecule has 1 N–H and O–H groups in total. The van der Waals surface area contributed by atoms with E-state index in [-0.39, 0.29) is 5.91 Å². The van der Waals surface area contributed by atoms with Crippen molar-refractivity contribution >= 4 is 51.3 Å². The molecule has 96 valence electrons. The zero-order chi connectivity index (χ0) is 13.4. The quantitative estimate of drug-likeness (QED) is 0.682. The first-order valence-electron chi connectivity index (χ1n) is 5.88. The van der Waals surface area contributed by atoms with Crippen molar-refractivity contribution in [2.24, 2.45) is 0 Å². The lowest BCUT2D eigenvalue weighted by Gasteiger charge is -2.09. The largest absolute Gasteiger partial charge is 0.359 e. The van der Waals surface area contributed by atoms with Crippen LogP contribution in [0, 0.1) is 0 Å². The van der Waals surface area contributed by atoms with Gasteiger partial charge in [0, 0.05) is 24.5 Å². The molecule has 0 aromatic carbocycles. The minimum absolute atomic E-state index is 0.0252. The number of amides is 1. The van der Waals surface area contributed by atoms with E-state index < -0.39 is 0 Å². The molecule has 19 heavy (non-hydrogen) atoms. The summed E-state index contributed by atoms with van der Waals surface area (Å²) in [6.45, 7) is 2.52. The van der Waals surface area contributed by atoms with Gasteiger partial charge in [-0.25, -0.2) is 0 Å². The molecule has 0 atom stereocenters. The van der Waals surface area contributed by atoms with E-state index in [2.05, 4.69) is 9.97 Å². The van der Waals surface area contributed by atoms with Gasteiger partial charge < -0.3 is 4.98 Å². The van der Waals surface area contributed by atoms with Gasteiger partial charge in [-0.1, -0.05) is 24.0 Å². The molecule has 0 unspecified atom stereocenters. The van der Waals surface area contributed by atoms with Gasteiger partial charge >= 0.3 is 0 Å². The Balaban J connectivity index is 2.03. The number of H-pyrrole nitrogens is 1. The summed E-state index contributed by atoms with van der Waals surface area (Å²) < 4.78 is 0.617. The zero-order valence-corrected chi connectivity index (χ0v) is 11.8. The summed E-state index contributed by atoms with van der Waals surface area (Å²) in [6, 6.07) is 3.83. The van der Waals surface area contributed by atoms with Crippen LogP contribution < -0.4 is 0 Å². The van der Waals surface area contributed by atoms with Crippen molar-refractivity contribution in [3.63, 3.8) is 0 Å². The first-order chi connectivity index (χ1) is 9.20. The molecule has 3 heterocycles. The Hall–Kier alpha value is -1.66. The lowest BCUT2D eigenvalue weighted by molar-refractivity contribution is -0.121. The fourth-order valence-corrected chi connectivity index (χ4v) is 3.37. The maximum Gasteiger partial charge on any atom is 0.266 e. The molecule has 1 amide bonds. The molecule has 1 saturated heterocycles. The van der Waals surface area contributed by atoms with E-state index in [0.29, 0.717) is 15.8 Å². The number of likely N-dealkylation sites (N-methyl/N-ethyl adjacent to an activating group) is 1. The monoisotopic (exact) mass is 289 g/mol. The summed E-state index contributed by atoms with van der Waals surface area (Å²) in [5.41, 5.74) is 2.73. The van der Waals surface area contributed by atoms with Crippen LogP contribution in [0.25, 0.3) is 17.1 Å². The Bertz CT molecular complexity index is 705. The highest BCUT2D eigenvalue weighted by Gasteiger charge is 2.30. The van der Waals surface area contributed by atoms with Gasteiger partial charge in [-0.3, -0.25) is 14.7 Å². The van der Waals surface area contributed by atoms with Crippen LogP contribution in [-0.2, 0) is 4.79 Å². The van der Waals surface area contributed by atoms with E-state index in [1.165, 1.54) is 11.8 Å². The number of carbonyl (C=O) groups excluding carboxylic acids is 1. The Morgan fingerprint density at radius 2 is 2.42 bits per heavy atom. The number of nitrogens with one attached hydrogen (secondary N) is 1. The number of fused-ring (bicyclic) bond motifs is 1. The molecule has 0 saturated carbocycles. The normalized spacial score (nSPS) is 17.9. The number of thiocarbonyl (C=S) groups is 1. The van der Waals surface area contributed by atoms with E-state index in [4.69, 9.17) is 12.2 Å². The maximum absolute atomic E-state index is 12.1. The Morgan fingerprint density at radius 1 is 1.58 bits per heavy atom. The fourth-order valence-electron chi connectivity index (χ4n) is 2.00. The molecule has 0 bridgehead atoms. The number of aromatic nitrogens is 2. The molecule has 6 heteroatoms. The van der Waals surface area contributed by atoms with Gasteiger partial charge in [0.25, 0.3) is 5.91 Å². The fraction of sp³-hybridized carbons (Fsp3) is 0.154. The number of aromatic amines is 1. The number of hydrogen-bond donors (Lipinski definition) is 1. The topological polar surface area (TPSA) is 49.0 Å². The summed E-state index contributed by atoms with van der Waals surface area (Å²) in [4.78, 5) is 21.8. The average molecular weight is 289 g/mol. The van der Waals surface area contributed by atoms with Crippen molar-refractivity contribution < 1.29 is 4.79 Å². The highest BCUT2D eigenvalue weighted by molar-refractivity contribution is 8.26. The van der Waals surface area contributed by atoms with E-state index in [1.807, 2.05) is 31.3 Å².